The van der Waals surface area contributed by atoms with E-state index in [4.69, 9.17) is 9.47 Å². The molecule has 0 aliphatic carbocycles. The van der Waals surface area contributed by atoms with Crippen molar-refractivity contribution in [2.24, 2.45) is 0 Å². The van der Waals surface area contributed by atoms with Crippen LogP contribution in [0.15, 0.2) is 18.2 Å². The lowest BCUT2D eigenvalue weighted by atomic mass is 10.1. The van der Waals surface area contributed by atoms with Crippen molar-refractivity contribution in [3.8, 4) is 0 Å². The van der Waals surface area contributed by atoms with Crippen molar-refractivity contribution in [2.45, 2.75) is 44.9 Å². The fourth-order valence-corrected chi connectivity index (χ4v) is 3.32. The van der Waals surface area contributed by atoms with Crippen molar-refractivity contribution >= 4 is 11.4 Å². The molecule has 1 N–H and O–H groups in total. The van der Waals surface area contributed by atoms with Gasteiger partial charge in [0.05, 0.1) is 24.5 Å². The summed E-state index contributed by atoms with van der Waals surface area (Å²) in [6.07, 6.45) is 2.38. The van der Waals surface area contributed by atoms with Gasteiger partial charge in [-0.2, -0.15) is 0 Å². The van der Waals surface area contributed by atoms with Crippen molar-refractivity contribution in [2.75, 3.05) is 36.5 Å². The van der Waals surface area contributed by atoms with Gasteiger partial charge in [0, 0.05) is 31.4 Å². The van der Waals surface area contributed by atoms with Crippen LogP contribution in [0.3, 0.4) is 0 Å². The minimum atomic E-state index is -0.178. The number of hydrogen-bond donors (Lipinski definition) is 1. The Balaban J connectivity index is 1.68. The van der Waals surface area contributed by atoms with Gasteiger partial charge in [-0.25, -0.2) is 4.39 Å². The molecule has 2 saturated heterocycles. The van der Waals surface area contributed by atoms with E-state index >= 15 is 0 Å². The average Bonchev–Trinajstić information content (AvgIpc) is 2.47. The van der Waals surface area contributed by atoms with Crippen molar-refractivity contribution in [1.29, 1.82) is 0 Å². The fourth-order valence-electron chi connectivity index (χ4n) is 3.32. The van der Waals surface area contributed by atoms with Gasteiger partial charge in [-0.1, -0.05) is 0 Å². The number of nitrogens with one attached hydrogen (secondary N) is 1. The van der Waals surface area contributed by atoms with Crippen LogP contribution >= 0.6 is 0 Å². The predicted octanol–water partition coefficient (Wildman–Crippen LogP) is 3.03. The van der Waals surface area contributed by atoms with E-state index in [0.717, 1.165) is 38.2 Å². The first-order valence-electron chi connectivity index (χ1n) is 8.16. The number of benzene rings is 1. The molecule has 0 aromatic heterocycles. The number of hydrogen-bond acceptors (Lipinski definition) is 4. The van der Waals surface area contributed by atoms with Crippen LogP contribution in [0.4, 0.5) is 15.8 Å². The molecule has 3 atom stereocenters. The Bertz CT molecular complexity index is 495. The molecule has 0 unspecified atom stereocenters. The molecule has 0 bridgehead atoms. The highest BCUT2D eigenvalue weighted by Gasteiger charge is 2.24. The van der Waals surface area contributed by atoms with Gasteiger partial charge in [0.15, 0.2) is 0 Å². The second kappa shape index (κ2) is 6.84. The molecule has 3 rings (SSSR count). The Morgan fingerprint density at radius 1 is 1.23 bits per heavy atom. The predicted molar refractivity (Wildman–Crippen MR) is 86.1 cm³/mol. The van der Waals surface area contributed by atoms with E-state index in [2.05, 4.69) is 10.2 Å². The zero-order valence-corrected chi connectivity index (χ0v) is 13.3. The molecule has 22 heavy (non-hydrogen) atoms. The lowest BCUT2D eigenvalue weighted by molar-refractivity contribution is -0.00539. The average molecular weight is 308 g/mol. The van der Waals surface area contributed by atoms with Gasteiger partial charge in [0.2, 0.25) is 0 Å². The van der Waals surface area contributed by atoms with Gasteiger partial charge in [0.1, 0.15) is 5.82 Å². The third-order valence-electron chi connectivity index (χ3n) is 4.24. The van der Waals surface area contributed by atoms with E-state index in [9.17, 15) is 4.39 Å². The highest BCUT2D eigenvalue weighted by molar-refractivity contribution is 5.57. The van der Waals surface area contributed by atoms with Crippen LogP contribution in [-0.2, 0) is 9.47 Å². The molecule has 2 fully saturated rings. The Hall–Kier alpha value is -1.33. The first-order chi connectivity index (χ1) is 10.6. The molecule has 0 saturated carbocycles. The number of ether oxygens (including phenoxy) is 2. The molecule has 0 spiro atoms. The zero-order chi connectivity index (χ0) is 15.5. The van der Waals surface area contributed by atoms with Crippen LogP contribution in [0, 0.1) is 5.82 Å². The standard InChI is InChI=1S/C17H25FN2O2/c1-12-9-20(10-13(2)22-12)17-6-5-14(8-16(17)18)19-15-4-3-7-21-11-15/h5-6,8,12-13,15,19H,3-4,7,9-11H2,1-2H3/t12-,13-,15+/m1/s1. The van der Waals surface area contributed by atoms with Gasteiger partial charge in [-0.05, 0) is 44.9 Å². The minimum Gasteiger partial charge on any atom is -0.380 e. The van der Waals surface area contributed by atoms with E-state index in [-0.39, 0.29) is 24.1 Å². The summed E-state index contributed by atoms with van der Waals surface area (Å²) in [6.45, 7) is 7.04. The quantitative estimate of drug-likeness (QED) is 0.930. The Labute approximate surface area is 131 Å². The maximum absolute atomic E-state index is 14.5. The molecule has 1 aromatic carbocycles. The number of rotatable bonds is 3. The van der Waals surface area contributed by atoms with Crippen LogP contribution in [0.5, 0.6) is 0 Å². The lowest BCUT2D eigenvalue weighted by Crippen LogP contribution is -2.45. The third-order valence-corrected chi connectivity index (χ3v) is 4.24. The lowest BCUT2D eigenvalue weighted by Gasteiger charge is -2.37. The molecule has 2 aliphatic heterocycles. The molecule has 5 heteroatoms. The molecule has 1 aromatic rings. The van der Waals surface area contributed by atoms with Crippen LogP contribution in [0.2, 0.25) is 0 Å². The normalized spacial score (nSPS) is 29.4. The number of nitrogens with zero attached hydrogens (tertiary/aromatic N) is 1. The van der Waals surface area contributed by atoms with Crippen molar-refractivity contribution in [3.63, 3.8) is 0 Å². The monoisotopic (exact) mass is 308 g/mol. The van der Waals surface area contributed by atoms with Crippen LogP contribution in [-0.4, -0.2) is 44.6 Å². The minimum absolute atomic E-state index is 0.125. The molecule has 0 radical (unpaired) electrons. The molecule has 4 nitrogen and oxygen atoms in total. The molecular weight excluding hydrogens is 283 g/mol. The highest BCUT2D eigenvalue weighted by atomic mass is 19.1. The van der Waals surface area contributed by atoms with E-state index in [1.807, 2.05) is 26.0 Å². The SMILES string of the molecule is C[C@@H]1CN(c2ccc(N[C@H]3CCCOC3)cc2F)C[C@@H](C)O1. The largest absolute Gasteiger partial charge is 0.380 e. The van der Waals surface area contributed by atoms with Gasteiger partial charge in [0.25, 0.3) is 0 Å². The van der Waals surface area contributed by atoms with E-state index < -0.39 is 0 Å². The summed E-state index contributed by atoms with van der Waals surface area (Å²) in [6, 6.07) is 5.70. The Kier molecular flexibility index (Phi) is 4.84. The van der Waals surface area contributed by atoms with Gasteiger partial charge in [-0.3, -0.25) is 0 Å². The van der Waals surface area contributed by atoms with Crippen LogP contribution < -0.4 is 10.2 Å². The fraction of sp³-hybridized carbons (Fsp3) is 0.647. The summed E-state index contributed by atoms with van der Waals surface area (Å²) in [4.78, 5) is 2.07. The van der Waals surface area contributed by atoms with E-state index in [1.165, 1.54) is 0 Å². The summed E-state index contributed by atoms with van der Waals surface area (Å²) in [5, 5.41) is 3.36. The zero-order valence-electron chi connectivity index (χ0n) is 13.3. The molecule has 2 heterocycles. The second-order valence-corrected chi connectivity index (χ2v) is 6.39. The molecule has 0 amide bonds. The summed E-state index contributed by atoms with van der Waals surface area (Å²) < 4.78 is 25.6. The summed E-state index contributed by atoms with van der Waals surface area (Å²) >= 11 is 0. The number of anilines is 2. The van der Waals surface area contributed by atoms with Crippen molar-refractivity contribution in [1.82, 2.24) is 0 Å². The van der Waals surface area contributed by atoms with Gasteiger partial charge in [-0.15, -0.1) is 0 Å². The maximum atomic E-state index is 14.5. The van der Waals surface area contributed by atoms with Crippen LogP contribution in [0.25, 0.3) is 0 Å². The van der Waals surface area contributed by atoms with Crippen LogP contribution in [0.1, 0.15) is 26.7 Å². The van der Waals surface area contributed by atoms with Gasteiger partial charge >= 0.3 is 0 Å². The smallest absolute Gasteiger partial charge is 0.148 e. The topological polar surface area (TPSA) is 33.7 Å². The molecular formula is C17H25FN2O2. The Morgan fingerprint density at radius 2 is 2.00 bits per heavy atom. The van der Waals surface area contributed by atoms with Crippen molar-refractivity contribution < 1.29 is 13.9 Å². The summed E-state index contributed by atoms with van der Waals surface area (Å²) in [5.41, 5.74) is 1.48. The first kappa shape index (κ1) is 15.6. The van der Waals surface area contributed by atoms with E-state index in [1.54, 1.807) is 6.07 Å². The van der Waals surface area contributed by atoms with Gasteiger partial charge < -0.3 is 19.7 Å². The molecule has 2 aliphatic rings. The Morgan fingerprint density at radius 3 is 2.64 bits per heavy atom. The molecule has 122 valence electrons. The van der Waals surface area contributed by atoms with Crippen molar-refractivity contribution in [3.05, 3.63) is 24.0 Å². The summed E-state index contributed by atoms with van der Waals surface area (Å²) in [5.74, 6) is -0.178. The highest BCUT2D eigenvalue weighted by Crippen LogP contribution is 2.26. The third kappa shape index (κ3) is 3.70. The summed E-state index contributed by atoms with van der Waals surface area (Å²) in [7, 11) is 0. The number of halogens is 1. The second-order valence-electron chi connectivity index (χ2n) is 6.39. The first-order valence-corrected chi connectivity index (χ1v) is 8.16. The number of morpholine rings is 1. The van der Waals surface area contributed by atoms with E-state index in [0.29, 0.717) is 12.3 Å². The maximum Gasteiger partial charge on any atom is 0.148 e.